The van der Waals surface area contributed by atoms with Crippen LogP contribution in [0.15, 0.2) is 79.0 Å². The largest absolute Gasteiger partial charge is 0.497 e. The van der Waals surface area contributed by atoms with Crippen molar-refractivity contribution in [3.8, 4) is 22.7 Å². The molecule has 31 heavy (non-hydrogen) atoms. The Kier molecular flexibility index (Phi) is 5.75. The minimum atomic E-state index is -0.671. The summed E-state index contributed by atoms with van der Waals surface area (Å²) in [6, 6.07) is 19.5. The van der Waals surface area contributed by atoms with Crippen LogP contribution in [0.4, 0.5) is 8.78 Å². The van der Waals surface area contributed by atoms with Crippen molar-refractivity contribution < 1.29 is 18.3 Å². The number of halogens is 2. The third kappa shape index (κ3) is 4.45. The summed E-state index contributed by atoms with van der Waals surface area (Å²) in [4.78, 5) is 12.5. The van der Waals surface area contributed by atoms with E-state index in [1.807, 2.05) is 30.3 Å². The van der Waals surface area contributed by atoms with E-state index in [1.54, 1.807) is 23.0 Å². The third-order valence-electron chi connectivity index (χ3n) is 4.79. The molecule has 4 aromatic rings. The summed E-state index contributed by atoms with van der Waals surface area (Å²) in [5, 5.41) is 7.36. The molecule has 1 N–H and O–H groups in total. The first-order valence-electron chi connectivity index (χ1n) is 9.57. The first-order chi connectivity index (χ1) is 15.0. The molecule has 0 radical (unpaired) electrons. The van der Waals surface area contributed by atoms with Crippen LogP contribution in [0.5, 0.6) is 5.75 Å². The molecule has 0 saturated carbocycles. The summed E-state index contributed by atoms with van der Waals surface area (Å²) in [7, 11) is 1.43. The summed E-state index contributed by atoms with van der Waals surface area (Å²) in [6.45, 7) is 0.115. The maximum atomic E-state index is 14.2. The van der Waals surface area contributed by atoms with Gasteiger partial charge in [-0.3, -0.25) is 4.79 Å². The summed E-state index contributed by atoms with van der Waals surface area (Å²) in [6.07, 6.45) is 1.79. The molecule has 1 aromatic heterocycles. The highest BCUT2D eigenvalue weighted by Gasteiger charge is 2.16. The minimum Gasteiger partial charge on any atom is -0.497 e. The topological polar surface area (TPSA) is 56.1 Å². The number of carbonyl (C=O) groups excluding carboxylic acids is 1. The highest BCUT2D eigenvalue weighted by molar-refractivity contribution is 5.94. The number of nitrogens with zero attached hydrogens (tertiary/aromatic N) is 2. The number of rotatable bonds is 6. The SMILES string of the molecule is COc1ccc(C(=O)NCc2cn(-c3ccccc3)nc2-c2ccc(F)cc2)c(F)c1. The summed E-state index contributed by atoms with van der Waals surface area (Å²) >= 11 is 0. The molecule has 0 atom stereocenters. The van der Waals surface area contributed by atoms with Crippen LogP contribution in [0.2, 0.25) is 0 Å². The van der Waals surface area contributed by atoms with Crippen molar-refractivity contribution in [2.24, 2.45) is 0 Å². The molecule has 0 saturated heterocycles. The molecule has 0 spiro atoms. The quantitative estimate of drug-likeness (QED) is 0.490. The van der Waals surface area contributed by atoms with Crippen LogP contribution in [0, 0.1) is 11.6 Å². The van der Waals surface area contributed by atoms with E-state index in [9.17, 15) is 13.6 Å². The number of para-hydroxylation sites is 1. The van der Waals surface area contributed by atoms with Crippen LogP contribution in [0.1, 0.15) is 15.9 Å². The summed E-state index contributed by atoms with van der Waals surface area (Å²) in [5.74, 6) is -1.25. The number of hydrogen-bond donors (Lipinski definition) is 1. The van der Waals surface area contributed by atoms with E-state index in [0.29, 0.717) is 22.6 Å². The molecule has 0 aliphatic carbocycles. The molecule has 0 aliphatic rings. The van der Waals surface area contributed by atoms with E-state index in [2.05, 4.69) is 10.4 Å². The van der Waals surface area contributed by atoms with Crippen LogP contribution < -0.4 is 10.1 Å². The van der Waals surface area contributed by atoms with Gasteiger partial charge in [0.05, 0.1) is 24.1 Å². The van der Waals surface area contributed by atoms with Gasteiger partial charge >= 0.3 is 0 Å². The summed E-state index contributed by atoms with van der Waals surface area (Å²) in [5.41, 5.74) is 2.76. The van der Waals surface area contributed by atoms with E-state index in [1.165, 1.54) is 31.4 Å². The van der Waals surface area contributed by atoms with Crippen LogP contribution in [-0.4, -0.2) is 22.8 Å². The number of benzene rings is 3. The molecule has 0 aliphatic heterocycles. The predicted molar refractivity (Wildman–Crippen MR) is 113 cm³/mol. The van der Waals surface area contributed by atoms with E-state index in [4.69, 9.17) is 4.74 Å². The van der Waals surface area contributed by atoms with E-state index >= 15 is 0 Å². The zero-order valence-electron chi connectivity index (χ0n) is 16.7. The van der Waals surface area contributed by atoms with Crippen molar-refractivity contribution in [2.45, 2.75) is 6.54 Å². The minimum absolute atomic E-state index is 0.0837. The lowest BCUT2D eigenvalue weighted by Gasteiger charge is -2.08. The Hall–Kier alpha value is -4.00. The second-order valence-electron chi connectivity index (χ2n) is 6.82. The third-order valence-corrected chi connectivity index (χ3v) is 4.79. The molecular weight excluding hydrogens is 400 g/mol. The molecule has 3 aromatic carbocycles. The van der Waals surface area contributed by atoms with Gasteiger partial charge in [0.15, 0.2) is 0 Å². The number of hydrogen-bond acceptors (Lipinski definition) is 3. The highest BCUT2D eigenvalue weighted by Crippen LogP contribution is 2.24. The van der Waals surface area contributed by atoms with Crippen LogP contribution in [0.25, 0.3) is 16.9 Å². The van der Waals surface area contributed by atoms with E-state index in [0.717, 1.165) is 11.8 Å². The van der Waals surface area contributed by atoms with Crippen molar-refractivity contribution in [2.75, 3.05) is 7.11 Å². The van der Waals surface area contributed by atoms with Gasteiger partial charge in [-0.2, -0.15) is 5.10 Å². The zero-order chi connectivity index (χ0) is 21.8. The van der Waals surface area contributed by atoms with Crippen molar-refractivity contribution >= 4 is 5.91 Å². The van der Waals surface area contributed by atoms with Crippen LogP contribution in [-0.2, 0) is 6.54 Å². The molecule has 0 unspecified atom stereocenters. The maximum Gasteiger partial charge on any atom is 0.254 e. The van der Waals surface area contributed by atoms with Crippen LogP contribution >= 0.6 is 0 Å². The van der Waals surface area contributed by atoms with Crippen molar-refractivity contribution in [1.82, 2.24) is 15.1 Å². The first-order valence-corrected chi connectivity index (χ1v) is 9.57. The normalized spacial score (nSPS) is 10.7. The maximum absolute atomic E-state index is 14.2. The smallest absolute Gasteiger partial charge is 0.254 e. The first kappa shape index (κ1) is 20.3. The number of amides is 1. The van der Waals surface area contributed by atoms with Crippen molar-refractivity contribution in [3.05, 3.63) is 102 Å². The summed E-state index contributed by atoms with van der Waals surface area (Å²) < 4.78 is 34.3. The average molecular weight is 419 g/mol. The molecule has 0 bridgehead atoms. The fourth-order valence-corrected chi connectivity index (χ4v) is 3.18. The van der Waals surface area contributed by atoms with Gasteiger partial charge in [-0.05, 0) is 48.5 Å². The number of carbonyl (C=O) groups is 1. The zero-order valence-corrected chi connectivity index (χ0v) is 16.7. The molecule has 7 heteroatoms. The van der Waals surface area contributed by atoms with Gasteiger partial charge in [-0.25, -0.2) is 13.5 Å². The molecule has 0 fully saturated rings. The number of aromatic nitrogens is 2. The number of methoxy groups -OCH3 is 1. The lowest BCUT2D eigenvalue weighted by Crippen LogP contribution is -2.24. The lowest BCUT2D eigenvalue weighted by molar-refractivity contribution is 0.0947. The Morgan fingerprint density at radius 1 is 1.03 bits per heavy atom. The molecular formula is C24H19F2N3O2. The monoisotopic (exact) mass is 419 g/mol. The standard InChI is InChI=1S/C24H19F2N3O2/c1-31-20-11-12-21(22(26)13-20)24(30)27-14-17-15-29(19-5-3-2-4-6-19)28-23(17)16-7-9-18(25)10-8-16/h2-13,15H,14H2,1H3,(H,27,30). The van der Waals surface area contributed by atoms with E-state index in [-0.39, 0.29) is 17.9 Å². The van der Waals surface area contributed by atoms with Gasteiger partial charge in [-0.15, -0.1) is 0 Å². The Balaban J connectivity index is 1.63. The molecule has 156 valence electrons. The average Bonchev–Trinajstić information content (AvgIpc) is 3.22. The van der Waals surface area contributed by atoms with Gasteiger partial charge < -0.3 is 10.1 Å². The second kappa shape index (κ2) is 8.79. The molecule has 1 heterocycles. The molecule has 4 rings (SSSR count). The van der Waals surface area contributed by atoms with Crippen molar-refractivity contribution in [3.63, 3.8) is 0 Å². The lowest BCUT2D eigenvalue weighted by atomic mass is 10.1. The Morgan fingerprint density at radius 3 is 2.45 bits per heavy atom. The fourth-order valence-electron chi connectivity index (χ4n) is 3.18. The molecule has 5 nitrogen and oxygen atoms in total. The number of nitrogens with one attached hydrogen (secondary N) is 1. The Morgan fingerprint density at radius 2 is 1.77 bits per heavy atom. The van der Waals surface area contributed by atoms with Gasteiger partial charge in [-0.1, -0.05) is 18.2 Å². The van der Waals surface area contributed by atoms with Gasteiger partial charge in [0.1, 0.15) is 17.4 Å². The highest BCUT2D eigenvalue weighted by atomic mass is 19.1. The second-order valence-corrected chi connectivity index (χ2v) is 6.82. The van der Waals surface area contributed by atoms with Crippen molar-refractivity contribution in [1.29, 1.82) is 0 Å². The number of ether oxygens (including phenoxy) is 1. The van der Waals surface area contributed by atoms with Gasteiger partial charge in [0.25, 0.3) is 5.91 Å². The van der Waals surface area contributed by atoms with Crippen LogP contribution in [0.3, 0.4) is 0 Å². The molecule has 1 amide bonds. The fraction of sp³-hybridized carbons (Fsp3) is 0.0833. The predicted octanol–water partition coefficient (Wildman–Crippen LogP) is 4.76. The van der Waals surface area contributed by atoms with Gasteiger partial charge in [0.2, 0.25) is 0 Å². The van der Waals surface area contributed by atoms with E-state index < -0.39 is 11.7 Å². The van der Waals surface area contributed by atoms with Gasteiger partial charge in [0, 0.05) is 29.9 Å². The Bertz CT molecular complexity index is 1210. The Labute approximate surface area is 177 Å².